The lowest BCUT2D eigenvalue weighted by Crippen LogP contribution is -2.24. The first-order valence-electron chi connectivity index (χ1n) is 7.64. The van der Waals surface area contributed by atoms with Crippen molar-refractivity contribution in [3.05, 3.63) is 59.3 Å². The number of aliphatic imine (C=N–C) groups is 1. The lowest BCUT2D eigenvalue weighted by Gasteiger charge is -2.14. The fraction of sp³-hybridized carbons (Fsp3) is 0.158. The van der Waals surface area contributed by atoms with Crippen molar-refractivity contribution in [3.8, 4) is 17.2 Å². The van der Waals surface area contributed by atoms with Crippen LogP contribution in [0.5, 0.6) is 17.2 Å². The van der Waals surface area contributed by atoms with Crippen molar-refractivity contribution in [2.45, 2.75) is 0 Å². The highest BCUT2D eigenvalue weighted by molar-refractivity contribution is 6.19. The summed E-state index contributed by atoms with van der Waals surface area (Å²) in [6.45, 7) is 0. The molecule has 3 rings (SSSR count). The van der Waals surface area contributed by atoms with Crippen LogP contribution in [0.25, 0.3) is 6.08 Å². The first-order chi connectivity index (χ1) is 12.2. The molecule has 6 heteroatoms. The Bertz CT molecular complexity index is 857. The van der Waals surface area contributed by atoms with Crippen molar-refractivity contribution in [2.75, 3.05) is 21.3 Å². The van der Waals surface area contributed by atoms with E-state index in [1.165, 1.54) is 14.2 Å². The number of amidine groups is 1. The van der Waals surface area contributed by atoms with E-state index in [9.17, 15) is 4.79 Å². The molecule has 1 N–H and O–H groups in total. The number of hydrogen-bond acceptors (Lipinski definition) is 5. The predicted molar refractivity (Wildman–Crippen MR) is 95.2 cm³/mol. The van der Waals surface area contributed by atoms with Crippen molar-refractivity contribution in [3.63, 3.8) is 0 Å². The molecule has 0 fully saturated rings. The Labute approximate surface area is 145 Å². The lowest BCUT2D eigenvalue weighted by molar-refractivity contribution is -0.115. The molecule has 0 spiro atoms. The normalized spacial score (nSPS) is 14.9. The average Bonchev–Trinajstić information content (AvgIpc) is 3.02. The van der Waals surface area contributed by atoms with Gasteiger partial charge in [0.2, 0.25) is 5.75 Å². The lowest BCUT2D eigenvalue weighted by atomic mass is 10.1. The molecule has 0 bridgehead atoms. The van der Waals surface area contributed by atoms with Gasteiger partial charge in [-0.15, -0.1) is 0 Å². The van der Waals surface area contributed by atoms with Gasteiger partial charge >= 0.3 is 0 Å². The smallest absolute Gasteiger partial charge is 0.275 e. The highest BCUT2D eigenvalue weighted by atomic mass is 16.5. The number of hydrogen-bond donors (Lipinski definition) is 1. The Morgan fingerprint density at radius 3 is 2.28 bits per heavy atom. The fourth-order valence-corrected chi connectivity index (χ4v) is 2.59. The first-order valence-corrected chi connectivity index (χ1v) is 7.64. The van der Waals surface area contributed by atoms with E-state index in [-0.39, 0.29) is 5.91 Å². The van der Waals surface area contributed by atoms with E-state index >= 15 is 0 Å². The van der Waals surface area contributed by atoms with Crippen molar-refractivity contribution >= 4 is 17.8 Å². The largest absolute Gasteiger partial charge is 0.493 e. The number of carbonyl (C=O) groups excluding carboxylic acids is 1. The van der Waals surface area contributed by atoms with Gasteiger partial charge in [-0.1, -0.05) is 30.3 Å². The molecular weight excluding hydrogens is 320 g/mol. The zero-order valence-electron chi connectivity index (χ0n) is 14.2. The van der Waals surface area contributed by atoms with Gasteiger partial charge in [0.15, 0.2) is 11.5 Å². The summed E-state index contributed by atoms with van der Waals surface area (Å²) in [5.41, 5.74) is 1.81. The van der Waals surface area contributed by atoms with E-state index < -0.39 is 0 Å². The number of methoxy groups -OCH3 is 3. The summed E-state index contributed by atoms with van der Waals surface area (Å²) in [7, 11) is 4.62. The van der Waals surface area contributed by atoms with Crippen LogP contribution in [-0.2, 0) is 4.79 Å². The highest BCUT2D eigenvalue weighted by Crippen LogP contribution is 2.40. The molecule has 1 amide bonds. The average molecular weight is 338 g/mol. The van der Waals surface area contributed by atoms with Crippen LogP contribution in [0.3, 0.4) is 0 Å². The van der Waals surface area contributed by atoms with Crippen molar-refractivity contribution < 1.29 is 19.0 Å². The van der Waals surface area contributed by atoms with Gasteiger partial charge in [0.25, 0.3) is 5.91 Å². The number of nitrogens with zero attached hydrogens (tertiary/aromatic N) is 1. The standard InChI is InChI=1S/C19H18N2O4/c1-23-15-10-9-13(16(24-2)17(15)25-3)11-14-19(22)21-18(20-14)12-7-5-4-6-8-12/h4-11H,1-3H3,(H,20,21,22). The molecule has 0 radical (unpaired) electrons. The minimum absolute atomic E-state index is 0.268. The van der Waals surface area contributed by atoms with Gasteiger partial charge < -0.3 is 19.5 Å². The predicted octanol–water partition coefficient (Wildman–Crippen LogP) is 2.63. The van der Waals surface area contributed by atoms with E-state index in [0.29, 0.717) is 34.3 Å². The zero-order chi connectivity index (χ0) is 17.8. The van der Waals surface area contributed by atoms with Crippen LogP contribution in [0.2, 0.25) is 0 Å². The third kappa shape index (κ3) is 3.19. The molecule has 0 atom stereocenters. The Morgan fingerprint density at radius 1 is 0.920 bits per heavy atom. The van der Waals surface area contributed by atoms with E-state index in [1.54, 1.807) is 25.3 Å². The summed E-state index contributed by atoms with van der Waals surface area (Å²) in [5, 5.41) is 2.78. The molecular formula is C19H18N2O4. The van der Waals surface area contributed by atoms with Gasteiger partial charge in [0, 0.05) is 11.1 Å². The second-order valence-corrected chi connectivity index (χ2v) is 5.23. The third-order valence-corrected chi connectivity index (χ3v) is 3.77. The molecule has 0 saturated heterocycles. The summed E-state index contributed by atoms with van der Waals surface area (Å²) in [6, 6.07) is 13.0. The minimum atomic E-state index is -0.268. The molecule has 2 aromatic rings. The number of nitrogens with one attached hydrogen (secondary N) is 1. The molecule has 128 valence electrons. The van der Waals surface area contributed by atoms with Gasteiger partial charge in [-0.3, -0.25) is 4.79 Å². The van der Waals surface area contributed by atoms with Crippen LogP contribution in [0.4, 0.5) is 0 Å². The molecule has 0 aromatic heterocycles. The first kappa shape index (κ1) is 16.6. The maximum Gasteiger partial charge on any atom is 0.275 e. The van der Waals surface area contributed by atoms with Crippen LogP contribution in [0, 0.1) is 0 Å². The second-order valence-electron chi connectivity index (χ2n) is 5.23. The van der Waals surface area contributed by atoms with Crippen LogP contribution < -0.4 is 19.5 Å². The number of rotatable bonds is 5. The Hall–Kier alpha value is -3.28. The van der Waals surface area contributed by atoms with Crippen LogP contribution >= 0.6 is 0 Å². The van der Waals surface area contributed by atoms with E-state index in [4.69, 9.17) is 14.2 Å². The van der Waals surface area contributed by atoms with Gasteiger partial charge in [0.05, 0.1) is 21.3 Å². The van der Waals surface area contributed by atoms with Crippen molar-refractivity contribution in [1.82, 2.24) is 5.32 Å². The zero-order valence-corrected chi connectivity index (χ0v) is 14.2. The minimum Gasteiger partial charge on any atom is -0.493 e. The van der Waals surface area contributed by atoms with E-state index in [1.807, 2.05) is 30.3 Å². The van der Waals surface area contributed by atoms with Gasteiger partial charge in [0.1, 0.15) is 11.5 Å². The third-order valence-electron chi connectivity index (χ3n) is 3.77. The molecule has 2 aromatic carbocycles. The van der Waals surface area contributed by atoms with Crippen molar-refractivity contribution in [1.29, 1.82) is 0 Å². The monoisotopic (exact) mass is 338 g/mol. The van der Waals surface area contributed by atoms with Gasteiger partial charge in [-0.05, 0) is 18.2 Å². The Kier molecular flexibility index (Phi) is 4.70. The molecule has 0 unspecified atom stereocenters. The fourth-order valence-electron chi connectivity index (χ4n) is 2.59. The number of benzene rings is 2. The SMILES string of the molecule is COc1ccc(C=C2N=C(c3ccccc3)NC2=O)c(OC)c1OC. The van der Waals surface area contributed by atoms with Crippen LogP contribution in [0.1, 0.15) is 11.1 Å². The Balaban J connectivity index is 2.03. The molecule has 6 nitrogen and oxygen atoms in total. The maximum absolute atomic E-state index is 12.2. The number of ether oxygens (including phenoxy) is 3. The highest BCUT2D eigenvalue weighted by Gasteiger charge is 2.22. The second kappa shape index (κ2) is 7.09. The van der Waals surface area contributed by atoms with Gasteiger partial charge in [-0.25, -0.2) is 4.99 Å². The molecule has 1 heterocycles. The van der Waals surface area contributed by atoms with E-state index in [2.05, 4.69) is 10.3 Å². The summed E-state index contributed by atoms with van der Waals surface area (Å²) in [4.78, 5) is 16.6. The summed E-state index contributed by atoms with van der Waals surface area (Å²) in [6.07, 6.45) is 1.66. The molecule has 1 aliphatic heterocycles. The van der Waals surface area contributed by atoms with Crippen LogP contribution in [-0.4, -0.2) is 33.1 Å². The Morgan fingerprint density at radius 2 is 1.64 bits per heavy atom. The maximum atomic E-state index is 12.2. The number of amides is 1. The quantitative estimate of drug-likeness (QED) is 0.851. The van der Waals surface area contributed by atoms with E-state index in [0.717, 1.165) is 5.56 Å². The molecule has 25 heavy (non-hydrogen) atoms. The van der Waals surface area contributed by atoms with Crippen molar-refractivity contribution in [2.24, 2.45) is 4.99 Å². The summed E-state index contributed by atoms with van der Waals surface area (Å²) < 4.78 is 16.1. The molecule has 0 aliphatic carbocycles. The summed E-state index contributed by atoms with van der Waals surface area (Å²) >= 11 is 0. The van der Waals surface area contributed by atoms with Gasteiger partial charge in [-0.2, -0.15) is 0 Å². The summed E-state index contributed by atoms with van der Waals surface area (Å²) in [5.74, 6) is 1.74. The molecule has 1 aliphatic rings. The topological polar surface area (TPSA) is 69.2 Å². The van der Waals surface area contributed by atoms with Crippen LogP contribution in [0.15, 0.2) is 53.2 Å². The molecule has 0 saturated carbocycles. The number of carbonyl (C=O) groups is 1.